The Labute approximate surface area is 129 Å². The number of rotatable bonds is 2. The molecule has 2 aliphatic heterocycles. The van der Waals surface area contributed by atoms with Gasteiger partial charge >= 0.3 is 5.97 Å². The number of esters is 1. The highest BCUT2D eigenvalue weighted by Crippen LogP contribution is 2.42. The van der Waals surface area contributed by atoms with Gasteiger partial charge in [-0.1, -0.05) is 18.2 Å². The lowest BCUT2D eigenvalue weighted by atomic mass is 9.73. The van der Waals surface area contributed by atoms with E-state index >= 15 is 0 Å². The molecular formula is C17H19NO4. The number of carbonyl (C=O) groups is 3. The van der Waals surface area contributed by atoms with Crippen molar-refractivity contribution in [2.75, 3.05) is 7.11 Å². The first-order valence-corrected chi connectivity index (χ1v) is 7.60. The van der Waals surface area contributed by atoms with Crippen molar-refractivity contribution in [2.45, 2.75) is 43.7 Å². The largest absolute Gasteiger partial charge is 0.467 e. The zero-order valence-electron chi connectivity index (χ0n) is 12.6. The Morgan fingerprint density at radius 1 is 1.23 bits per heavy atom. The smallest absolute Gasteiger partial charge is 0.331 e. The van der Waals surface area contributed by atoms with Crippen molar-refractivity contribution in [2.24, 2.45) is 0 Å². The Balaban J connectivity index is 2.05. The topological polar surface area (TPSA) is 63.7 Å². The molecule has 2 aliphatic rings. The molecule has 1 amide bonds. The predicted molar refractivity (Wildman–Crippen MR) is 79.2 cm³/mol. The van der Waals surface area contributed by atoms with E-state index < -0.39 is 17.6 Å². The van der Waals surface area contributed by atoms with Crippen LogP contribution in [-0.2, 0) is 14.3 Å². The summed E-state index contributed by atoms with van der Waals surface area (Å²) in [6.45, 7) is 0. The molecule has 0 N–H and O–H groups in total. The van der Waals surface area contributed by atoms with Gasteiger partial charge in [-0.05, 0) is 37.8 Å². The number of amides is 1. The summed E-state index contributed by atoms with van der Waals surface area (Å²) in [5.74, 6) is -0.624. The van der Waals surface area contributed by atoms with E-state index in [4.69, 9.17) is 4.74 Å². The number of ketones is 1. The van der Waals surface area contributed by atoms with Crippen LogP contribution in [0, 0.1) is 0 Å². The van der Waals surface area contributed by atoms with Crippen molar-refractivity contribution in [3.8, 4) is 0 Å². The summed E-state index contributed by atoms with van der Waals surface area (Å²) in [4.78, 5) is 39.1. The number of ether oxygens (including phenoxy) is 1. The maximum absolute atomic E-state index is 13.0. The van der Waals surface area contributed by atoms with Gasteiger partial charge in [-0.2, -0.15) is 0 Å². The highest BCUT2D eigenvalue weighted by Gasteiger charge is 2.56. The average Bonchev–Trinajstić information content (AvgIpc) is 2.57. The van der Waals surface area contributed by atoms with E-state index in [9.17, 15) is 14.4 Å². The van der Waals surface area contributed by atoms with Crippen molar-refractivity contribution in [3.05, 3.63) is 35.9 Å². The number of piperidine rings is 2. The van der Waals surface area contributed by atoms with Gasteiger partial charge in [0.2, 0.25) is 0 Å². The molecule has 116 valence electrons. The van der Waals surface area contributed by atoms with Crippen LogP contribution in [0.25, 0.3) is 0 Å². The van der Waals surface area contributed by atoms with Gasteiger partial charge in [0.15, 0.2) is 5.78 Å². The van der Waals surface area contributed by atoms with Crippen LogP contribution in [0.2, 0.25) is 0 Å². The number of nitrogens with zero attached hydrogens (tertiary/aromatic N) is 1. The first-order chi connectivity index (χ1) is 10.6. The summed E-state index contributed by atoms with van der Waals surface area (Å²) >= 11 is 0. The van der Waals surface area contributed by atoms with Gasteiger partial charge in [0, 0.05) is 12.0 Å². The van der Waals surface area contributed by atoms with Crippen LogP contribution in [0.15, 0.2) is 30.3 Å². The van der Waals surface area contributed by atoms with Crippen molar-refractivity contribution in [1.82, 2.24) is 4.90 Å². The Kier molecular flexibility index (Phi) is 3.72. The lowest BCUT2D eigenvalue weighted by Crippen LogP contribution is -2.68. The normalized spacial score (nSPS) is 27.4. The molecule has 2 heterocycles. The van der Waals surface area contributed by atoms with Gasteiger partial charge in [0.1, 0.15) is 5.54 Å². The number of carbonyl (C=O) groups excluding carboxylic acids is 3. The van der Waals surface area contributed by atoms with Gasteiger partial charge in [-0.25, -0.2) is 4.79 Å². The van der Waals surface area contributed by atoms with Crippen molar-refractivity contribution >= 4 is 17.7 Å². The van der Waals surface area contributed by atoms with Crippen molar-refractivity contribution < 1.29 is 19.1 Å². The Morgan fingerprint density at radius 3 is 2.64 bits per heavy atom. The summed E-state index contributed by atoms with van der Waals surface area (Å²) in [6, 6.07) is 8.30. The number of methoxy groups -OCH3 is 1. The molecule has 0 saturated carbocycles. The minimum absolute atomic E-state index is 0.0449. The molecule has 2 saturated heterocycles. The first kappa shape index (κ1) is 14.8. The molecule has 5 heteroatoms. The fourth-order valence-corrected chi connectivity index (χ4v) is 3.73. The number of Topliss-reactive ketones (excluding diaryl/α,β-unsaturated/α-hetero) is 1. The summed E-state index contributed by atoms with van der Waals surface area (Å²) < 4.78 is 4.97. The van der Waals surface area contributed by atoms with Crippen LogP contribution >= 0.6 is 0 Å². The molecule has 1 aromatic rings. The summed E-state index contributed by atoms with van der Waals surface area (Å²) in [5, 5.41) is 0. The second-order valence-corrected chi connectivity index (χ2v) is 5.94. The molecule has 0 unspecified atom stereocenters. The third-order valence-corrected chi connectivity index (χ3v) is 4.80. The minimum Gasteiger partial charge on any atom is -0.467 e. The van der Waals surface area contributed by atoms with Crippen LogP contribution in [0.4, 0.5) is 0 Å². The Bertz CT molecular complexity index is 612. The van der Waals surface area contributed by atoms with Gasteiger partial charge in [-0.3, -0.25) is 9.59 Å². The fourth-order valence-electron chi connectivity index (χ4n) is 3.73. The number of hydrogen-bond acceptors (Lipinski definition) is 4. The van der Waals surface area contributed by atoms with E-state index in [1.165, 1.54) is 12.0 Å². The summed E-state index contributed by atoms with van der Waals surface area (Å²) in [6.07, 6.45) is 2.62. The zero-order valence-corrected chi connectivity index (χ0v) is 12.6. The van der Waals surface area contributed by atoms with E-state index in [0.29, 0.717) is 31.2 Å². The van der Waals surface area contributed by atoms with E-state index in [-0.39, 0.29) is 11.7 Å². The molecule has 2 bridgehead atoms. The molecule has 2 fully saturated rings. The highest BCUT2D eigenvalue weighted by atomic mass is 16.5. The van der Waals surface area contributed by atoms with Gasteiger partial charge in [0.25, 0.3) is 5.91 Å². The lowest BCUT2D eigenvalue weighted by molar-refractivity contribution is -0.164. The lowest BCUT2D eigenvalue weighted by Gasteiger charge is -2.51. The molecule has 5 nitrogen and oxygen atoms in total. The summed E-state index contributed by atoms with van der Waals surface area (Å²) in [5.41, 5.74) is -0.490. The quantitative estimate of drug-likeness (QED) is 0.783. The molecule has 1 aromatic carbocycles. The molecule has 3 rings (SSSR count). The van der Waals surface area contributed by atoms with Crippen LogP contribution in [0.3, 0.4) is 0 Å². The molecule has 0 aromatic heterocycles. The maximum atomic E-state index is 13.0. The third-order valence-electron chi connectivity index (χ3n) is 4.80. The second kappa shape index (κ2) is 5.55. The summed E-state index contributed by atoms with van der Waals surface area (Å²) in [7, 11) is 1.34. The van der Waals surface area contributed by atoms with E-state index in [1.54, 1.807) is 24.3 Å². The van der Waals surface area contributed by atoms with Crippen LogP contribution in [0.5, 0.6) is 0 Å². The first-order valence-electron chi connectivity index (χ1n) is 7.60. The molecular weight excluding hydrogens is 282 g/mol. The molecule has 0 radical (unpaired) electrons. The standard InChI is InChI=1S/C17H19NO4/c1-22-16(21)17-10-5-8-13(14(19)9-11-17)18(17)15(20)12-6-3-2-4-7-12/h2-4,6-7,13H,5,8-11H2,1H3/t13-,17+/m0/s1. The van der Waals surface area contributed by atoms with Crippen LogP contribution in [-0.4, -0.2) is 41.3 Å². The Hall–Kier alpha value is -2.17. The van der Waals surface area contributed by atoms with Gasteiger partial charge in [0.05, 0.1) is 13.2 Å². The third kappa shape index (κ3) is 2.12. The maximum Gasteiger partial charge on any atom is 0.331 e. The van der Waals surface area contributed by atoms with Crippen molar-refractivity contribution in [3.63, 3.8) is 0 Å². The highest BCUT2D eigenvalue weighted by molar-refractivity contribution is 6.03. The Morgan fingerprint density at radius 2 is 1.95 bits per heavy atom. The number of benzene rings is 1. The van der Waals surface area contributed by atoms with Gasteiger partial charge < -0.3 is 9.64 Å². The molecule has 2 atom stereocenters. The monoisotopic (exact) mass is 301 g/mol. The van der Waals surface area contributed by atoms with E-state index in [2.05, 4.69) is 0 Å². The van der Waals surface area contributed by atoms with Crippen molar-refractivity contribution in [1.29, 1.82) is 0 Å². The molecule has 0 spiro atoms. The molecule has 22 heavy (non-hydrogen) atoms. The SMILES string of the molecule is COC(=O)[C@@]12CCC[C@@H](C(=O)CC1)N2C(=O)c1ccccc1. The van der Waals surface area contributed by atoms with Crippen LogP contribution < -0.4 is 0 Å². The minimum atomic E-state index is -0.988. The van der Waals surface area contributed by atoms with E-state index in [0.717, 1.165) is 6.42 Å². The van der Waals surface area contributed by atoms with Crippen LogP contribution in [0.1, 0.15) is 42.5 Å². The molecule has 0 aliphatic carbocycles. The predicted octanol–water partition coefficient (Wildman–Crippen LogP) is 1.96. The average molecular weight is 301 g/mol. The van der Waals surface area contributed by atoms with E-state index in [1.807, 2.05) is 6.07 Å². The fraction of sp³-hybridized carbons (Fsp3) is 0.471. The number of fused-ring (bicyclic) bond motifs is 2. The number of hydrogen-bond donors (Lipinski definition) is 0. The van der Waals surface area contributed by atoms with Gasteiger partial charge in [-0.15, -0.1) is 0 Å². The zero-order chi connectivity index (χ0) is 15.7. The second-order valence-electron chi connectivity index (χ2n) is 5.94.